The molecule has 20 heavy (non-hydrogen) atoms. The van der Waals surface area contributed by atoms with Crippen LogP contribution >= 0.6 is 0 Å². The van der Waals surface area contributed by atoms with Crippen LogP contribution in [-0.2, 0) is 13.0 Å². The van der Waals surface area contributed by atoms with Crippen molar-refractivity contribution in [3.8, 4) is 0 Å². The summed E-state index contributed by atoms with van der Waals surface area (Å²) in [5, 5.41) is 0. The zero-order valence-electron chi connectivity index (χ0n) is 10.7. The minimum Gasteiger partial charge on any atom is -0.383 e. The van der Waals surface area contributed by atoms with Gasteiger partial charge in [0.05, 0.1) is 12.2 Å². The molecule has 0 unspecified atom stereocenters. The van der Waals surface area contributed by atoms with Crippen molar-refractivity contribution in [2.24, 2.45) is 0 Å². The number of fused-ring (bicyclic) bond motifs is 1. The van der Waals surface area contributed by atoms with Crippen molar-refractivity contribution in [3.63, 3.8) is 0 Å². The van der Waals surface area contributed by atoms with E-state index in [2.05, 4.69) is 9.97 Å². The van der Waals surface area contributed by atoms with Crippen LogP contribution < -0.4 is 5.73 Å². The standard InChI is InChI=1S/C14H13FN4O/c15-10-3-1-9(2-4-10)14(20)19-6-5-11-12(7-19)17-8-18-13(11)16/h1-4,8H,5-7H2,(H2,16,17,18). The van der Waals surface area contributed by atoms with E-state index in [4.69, 9.17) is 5.73 Å². The van der Waals surface area contributed by atoms with Gasteiger partial charge >= 0.3 is 0 Å². The number of hydrogen-bond donors (Lipinski definition) is 1. The predicted octanol–water partition coefficient (Wildman–Crippen LogP) is 1.40. The van der Waals surface area contributed by atoms with Crippen molar-refractivity contribution in [3.05, 3.63) is 53.2 Å². The summed E-state index contributed by atoms with van der Waals surface area (Å²) in [6.07, 6.45) is 2.04. The van der Waals surface area contributed by atoms with E-state index in [1.807, 2.05) is 0 Å². The number of carbonyl (C=O) groups excluding carboxylic acids is 1. The van der Waals surface area contributed by atoms with Crippen molar-refractivity contribution in [1.82, 2.24) is 14.9 Å². The number of nitrogens with zero attached hydrogens (tertiary/aromatic N) is 3. The highest BCUT2D eigenvalue weighted by molar-refractivity contribution is 5.94. The Morgan fingerprint density at radius 2 is 2.00 bits per heavy atom. The molecule has 102 valence electrons. The Labute approximate surface area is 115 Å². The molecule has 1 aromatic carbocycles. The Balaban J connectivity index is 1.83. The van der Waals surface area contributed by atoms with E-state index in [-0.39, 0.29) is 11.7 Å². The lowest BCUT2D eigenvalue weighted by Crippen LogP contribution is -2.36. The second kappa shape index (κ2) is 4.88. The first-order valence-electron chi connectivity index (χ1n) is 6.28. The van der Waals surface area contributed by atoms with Gasteiger partial charge in [-0.25, -0.2) is 14.4 Å². The average molecular weight is 272 g/mol. The fourth-order valence-corrected chi connectivity index (χ4v) is 2.33. The topological polar surface area (TPSA) is 72.1 Å². The van der Waals surface area contributed by atoms with Crippen LogP contribution in [0.3, 0.4) is 0 Å². The van der Waals surface area contributed by atoms with E-state index in [9.17, 15) is 9.18 Å². The van der Waals surface area contributed by atoms with Crippen LogP contribution in [-0.4, -0.2) is 27.3 Å². The highest BCUT2D eigenvalue weighted by Crippen LogP contribution is 2.21. The Hall–Kier alpha value is -2.50. The first-order chi connectivity index (χ1) is 9.65. The van der Waals surface area contributed by atoms with Gasteiger partial charge < -0.3 is 10.6 Å². The minimum atomic E-state index is -0.356. The Kier molecular flexibility index (Phi) is 3.06. The molecule has 1 aromatic heterocycles. The fraction of sp³-hybridized carbons (Fsp3) is 0.214. The Bertz CT molecular complexity index is 657. The zero-order valence-corrected chi connectivity index (χ0v) is 10.7. The van der Waals surface area contributed by atoms with E-state index in [0.29, 0.717) is 30.9 Å². The summed E-state index contributed by atoms with van der Waals surface area (Å²) in [4.78, 5) is 22.1. The molecule has 0 radical (unpaired) electrons. The normalized spacial score (nSPS) is 13.9. The highest BCUT2D eigenvalue weighted by Gasteiger charge is 2.24. The molecule has 3 rings (SSSR count). The maximum absolute atomic E-state index is 12.9. The molecule has 1 amide bonds. The number of benzene rings is 1. The van der Waals surface area contributed by atoms with Crippen molar-refractivity contribution < 1.29 is 9.18 Å². The molecule has 2 N–H and O–H groups in total. The molecule has 0 spiro atoms. The molecule has 2 aromatic rings. The lowest BCUT2D eigenvalue weighted by Gasteiger charge is -2.28. The van der Waals surface area contributed by atoms with Gasteiger partial charge in [-0.3, -0.25) is 4.79 Å². The molecule has 0 atom stereocenters. The summed E-state index contributed by atoms with van der Waals surface area (Å²) in [6.45, 7) is 0.957. The number of nitrogens with two attached hydrogens (primary N) is 1. The van der Waals surface area contributed by atoms with Gasteiger partial charge in [0, 0.05) is 17.7 Å². The highest BCUT2D eigenvalue weighted by atomic mass is 19.1. The van der Waals surface area contributed by atoms with Crippen molar-refractivity contribution in [2.45, 2.75) is 13.0 Å². The first kappa shape index (κ1) is 12.5. The Morgan fingerprint density at radius 3 is 2.75 bits per heavy atom. The molecular formula is C14H13FN4O. The van der Waals surface area contributed by atoms with Crippen molar-refractivity contribution >= 4 is 11.7 Å². The molecule has 0 bridgehead atoms. The number of hydrogen-bond acceptors (Lipinski definition) is 4. The van der Waals surface area contributed by atoms with Crippen LogP contribution in [0.5, 0.6) is 0 Å². The van der Waals surface area contributed by atoms with Crippen LogP contribution in [0.2, 0.25) is 0 Å². The lowest BCUT2D eigenvalue weighted by atomic mass is 10.0. The molecule has 2 heterocycles. The zero-order chi connectivity index (χ0) is 14.1. The third kappa shape index (κ3) is 2.20. The van der Waals surface area contributed by atoms with E-state index in [0.717, 1.165) is 11.3 Å². The van der Waals surface area contributed by atoms with Gasteiger partial charge in [-0.05, 0) is 30.7 Å². The van der Waals surface area contributed by atoms with Crippen LogP contribution in [0.4, 0.5) is 10.2 Å². The van der Waals surface area contributed by atoms with Gasteiger partial charge in [-0.15, -0.1) is 0 Å². The number of aromatic nitrogens is 2. The van der Waals surface area contributed by atoms with Crippen molar-refractivity contribution in [1.29, 1.82) is 0 Å². The van der Waals surface area contributed by atoms with Crippen LogP contribution in [0.25, 0.3) is 0 Å². The molecular weight excluding hydrogens is 259 g/mol. The van der Waals surface area contributed by atoms with Crippen LogP contribution in [0.1, 0.15) is 21.6 Å². The first-order valence-corrected chi connectivity index (χ1v) is 6.28. The van der Waals surface area contributed by atoms with Gasteiger partial charge in [-0.2, -0.15) is 0 Å². The Morgan fingerprint density at radius 1 is 1.25 bits per heavy atom. The second-order valence-corrected chi connectivity index (χ2v) is 4.67. The number of halogens is 1. The van der Waals surface area contributed by atoms with Gasteiger partial charge in [0.1, 0.15) is 18.0 Å². The molecule has 1 aliphatic heterocycles. The smallest absolute Gasteiger partial charge is 0.254 e. The molecule has 6 heteroatoms. The monoisotopic (exact) mass is 272 g/mol. The molecule has 5 nitrogen and oxygen atoms in total. The molecule has 0 saturated carbocycles. The fourth-order valence-electron chi connectivity index (χ4n) is 2.33. The maximum atomic E-state index is 12.9. The number of rotatable bonds is 1. The van der Waals surface area contributed by atoms with Gasteiger partial charge in [0.25, 0.3) is 5.91 Å². The van der Waals surface area contributed by atoms with Crippen LogP contribution in [0.15, 0.2) is 30.6 Å². The summed E-state index contributed by atoms with van der Waals surface area (Å²) >= 11 is 0. The summed E-state index contributed by atoms with van der Waals surface area (Å²) < 4.78 is 12.9. The largest absolute Gasteiger partial charge is 0.383 e. The second-order valence-electron chi connectivity index (χ2n) is 4.67. The quantitative estimate of drug-likeness (QED) is 0.851. The summed E-state index contributed by atoms with van der Waals surface area (Å²) in [5.41, 5.74) is 7.95. The lowest BCUT2D eigenvalue weighted by molar-refractivity contribution is 0.0732. The minimum absolute atomic E-state index is 0.132. The third-order valence-corrected chi connectivity index (χ3v) is 3.42. The molecule has 0 fully saturated rings. The van der Waals surface area contributed by atoms with Gasteiger partial charge in [0.15, 0.2) is 0 Å². The number of anilines is 1. The number of nitrogen functional groups attached to an aromatic ring is 1. The SMILES string of the molecule is Nc1ncnc2c1CCN(C(=O)c1ccc(F)cc1)C2. The van der Waals surface area contributed by atoms with Crippen molar-refractivity contribution in [2.75, 3.05) is 12.3 Å². The van der Waals surface area contributed by atoms with Gasteiger partial charge in [-0.1, -0.05) is 0 Å². The third-order valence-electron chi connectivity index (χ3n) is 3.42. The summed E-state index contributed by atoms with van der Waals surface area (Å²) in [6, 6.07) is 5.54. The van der Waals surface area contributed by atoms with E-state index < -0.39 is 0 Å². The summed E-state index contributed by atoms with van der Waals surface area (Å²) in [7, 11) is 0. The van der Waals surface area contributed by atoms with Crippen LogP contribution in [0, 0.1) is 5.82 Å². The van der Waals surface area contributed by atoms with E-state index in [1.54, 1.807) is 4.90 Å². The van der Waals surface area contributed by atoms with E-state index in [1.165, 1.54) is 30.6 Å². The summed E-state index contributed by atoms with van der Waals surface area (Å²) in [5.74, 6) is -0.0113. The molecule has 0 saturated heterocycles. The van der Waals surface area contributed by atoms with Gasteiger partial charge in [0.2, 0.25) is 0 Å². The number of carbonyl (C=O) groups is 1. The van der Waals surface area contributed by atoms with E-state index >= 15 is 0 Å². The maximum Gasteiger partial charge on any atom is 0.254 e. The number of amides is 1. The average Bonchev–Trinajstić information content (AvgIpc) is 2.47. The predicted molar refractivity (Wildman–Crippen MR) is 71.3 cm³/mol. The molecule has 1 aliphatic rings. The molecule has 0 aliphatic carbocycles.